The Kier molecular flexibility index (Phi) is 5.30. The first-order chi connectivity index (χ1) is 10.8. The molecule has 1 N–H and O–H groups in total. The maximum Gasteiger partial charge on any atom is 0.129 e. The minimum absolute atomic E-state index is 0.0142. The highest BCUT2D eigenvalue weighted by molar-refractivity contribution is 5.14. The number of aliphatic hydroxyl groups is 1. The van der Waals surface area contributed by atoms with Crippen LogP contribution in [0.25, 0.3) is 0 Å². The molecule has 0 spiro atoms. The highest BCUT2D eigenvalue weighted by Gasteiger charge is 2.20. The largest absolute Gasteiger partial charge is 0.462 e. The molecule has 0 unspecified atom stereocenters. The molecule has 3 heteroatoms. The summed E-state index contributed by atoms with van der Waals surface area (Å²) in [7, 11) is 0. The van der Waals surface area contributed by atoms with Gasteiger partial charge in [0.15, 0.2) is 0 Å². The van der Waals surface area contributed by atoms with Crippen molar-refractivity contribution in [2.24, 2.45) is 5.92 Å². The quantitative estimate of drug-likeness (QED) is 0.885. The zero-order valence-electron chi connectivity index (χ0n) is 13.1. The highest BCUT2D eigenvalue weighted by atomic mass is 16.4. The van der Waals surface area contributed by atoms with E-state index in [1.165, 1.54) is 31.2 Å². The molecule has 22 heavy (non-hydrogen) atoms. The molecule has 0 radical (unpaired) electrons. The number of aliphatic hydroxyl groups excluding tert-OH is 1. The number of hydrogen-bond donors (Lipinski definition) is 1. The molecule has 1 aliphatic rings. The third-order valence-electron chi connectivity index (χ3n) is 4.54. The lowest BCUT2D eigenvalue weighted by atomic mass is 9.91. The molecular weight excluding hydrogens is 274 g/mol. The molecule has 3 rings (SSSR count). The molecular formula is C19H25NO2. The van der Waals surface area contributed by atoms with Crippen LogP contribution in [0.15, 0.2) is 46.9 Å². The van der Waals surface area contributed by atoms with Crippen LogP contribution in [0.2, 0.25) is 0 Å². The summed E-state index contributed by atoms with van der Waals surface area (Å²) in [5, 5.41) is 9.07. The van der Waals surface area contributed by atoms with E-state index in [1.54, 1.807) is 0 Å². The van der Waals surface area contributed by atoms with Gasteiger partial charge in [-0.3, -0.25) is 4.90 Å². The smallest absolute Gasteiger partial charge is 0.129 e. The highest BCUT2D eigenvalue weighted by Crippen LogP contribution is 2.23. The van der Waals surface area contributed by atoms with Gasteiger partial charge < -0.3 is 9.52 Å². The van der Waals surface area contributed by atoms with Crippen LogP contribution in [0.1, 0.15) is 36.3 Å². The number of likely N-dealkylation sites (tertiary alicyclic amines) is 1. The van der Waals surface area contributed by atoms with Crippen LogP contribution >= 0.6 is 0 Å². The monoisotopic (exact) mass is 299 g/mol. The van der Waals surface area contributed by atoms with Gasteiger partial charge in [-0.1, -0.05) is 30.3 Å². The number of nitrogens with zero attached hydrogens (tertiary/aromatic N) is 1. The average molecular weight is 299 g/mol. The molecule has 1 aliphatic heterocycles. The SMILES string of the molecule is OCc1ccc(CN2CCC[C@@H](CCc3ccccc3)C2)o1. The third-order valence-corrected chi connectivity index (χ3v) is 4.54. The van der Waals surface area contributed by atoms with Gasteiger partial charge in [0.05, 0.1) is 6.54 Å². The average Bonchev–Trinajstić information content (AvgIpc) is 3.02. The topological polar surface area (TPSA) is 36.6 Å². The molecule has 2 heterocycles. The lowest BCUT2D eigenvalue weighted by molar-refractivity contribution is 0.149. The first-order valence-electron chi connectivity index (χ1n) is 8.28. The van der Waals surface area contributed by atoms with Gasteiger partial charge in [0, 0.05) is 6.54 Å². The van der Waals surface area contributed by atoms with Crippen molar-refractivity contribution < 1.29 is 9.52 Å². The number of furan rings is 1. The Balaban J connectivity index is 1.48. The number of hydrogen-bond acceptors (Lipinski definition) is 3. The third kappa shape index (κ3) is 4.21. The van der Waals surface area contributed by atoms with Gasteiger partial charge >= 0.3 is 0 Å². The van der Waals surface area contributed by atoms with E-state index >= 15 is 0 Å². The predicted molar refractivity (Wildman–Crippen MR) is 87.4 cm³/mol. The fraction of sp³-hybridized carbons (Fsp3) is 0.474. The Hall–Kier alpha value is -1.58. The Morgan fingerprint density at radius 3 is 2.68 bits per heavy atom. The molecule has 2 aromatic rings. The van der Waals surface area contributed by atoms with Crippen LogP contribution in [0.3, 0.4) is 0 Å². The second kappa shape index (κ2) is 7.61. The molecule has 0 amide bonds. The summed E-state index contributed by atoms with van der Waals surface area (Å²) in [6.07, 6.45) is 5.05. The van der Waals surface area contributed by atoms with Crippen LogP contribution in [0.4, 0.5) is 0 Å². The van der Waals surface area contributed by atoms with E-state index in [4.69, 9.17) is 9.52 Å². The standard InChI is InChI=1S/C19H25NO2/c21-15-19-11-10-18(22-19)14-20-12-4-7-17(13-20)9-8-16-5-2-1-3-6-16/h1-3,5-6,10-11,17,21H,4,7-9,12-15H2/t17-/m0/s1. The summed E-state index contributed by atoms with van der Waals surface area (Å²) in [6.45, 7) is 3.15. The van der Waals surface area contributed by atoms with Crippen molar-refractivity contribution in [3.8, 4) is 0 Å². The van der Waals surface area contributed by atoms with Gasteiger partial charge in [0.1, 0.15) is 18.1 Å². The van der Waals surface area contributed by atoms with Crippen molar-refractivity contribution in [3.63, 3.8) is 0 Å². The minimum Gasteiger partial charge on any atom is -0.462 e. The summed E-state index contributed by atoms with van der Waals surface area (Å²) in [5.41, 5.74) is 1.44. The molecule has 3 nitrogen and oxygen atoms in total. The number of benzene rings is 1. The Morgan fingerprint density at radius 1 is 1.09 bits per heavy atom. The van der Waals surface area contributed by atoms with E-state index in [9.17, 15) is 0 Å². The molecule has 1 saturated heterocycles. The summed E-state index contributed by atoms with van der Waals surface area (Å²) in [4.78, 5) is 2.49. The predicted octanol–water partition coefficient (Wildman–Crippen LogP) is 3.62. The molecule has 0 saturated carbocycles. The van der Waals surface area contributed by atoms with E-state index in [1.807, 2.05) is 12.1 Å². The molecule has 1 aromatic carbocycles. The van der Waals surface area contributed by atoms with Gasteiger partial charge in [-0.2, -0.15) is 0 Å². The number of aryl methyl sites for hydroxylation is 1. The molecule has 1 aromatic heterocycles. The van der Waals surface area contributed by atoms with Crippen LogP contribution < -0.4 is 0 Å². The molecule has 0 bridgehead atoms. The van der Waals surface area contributed by atoms with E-state index < -0.39 is 0 Å². The Morgan fingerprint density at radius 2 is 1.91 bits per heavy atom. The second-order valence-electron chi connectivity index (χ2n) is 6.29. The van der Waals surface area contributed by atoms with Gasteiger partial charge in [0.2, 0.25) is 0 Å². The first-order valence-corrected chi connectivity index (χ1v) is 8.28. The summed E-state index contributed by atoms with van der Waals surface area (Å²) >= 11 is 0. The molecule has 0 aliphatic carbocycles. The number of rotatable bonds is 6. The van der Waals surface area contributed by atoms with Crippen molar-refractivity contribution in [1.29, 1.82) is 0 Å². The first kappa shape index (κ1) is 15.3. The van der Waals surface area contributed by atoms with Crippen LogP contribution in [-0.4, -0.2) is 23.1 Å². The number of piperidine rings is 1. The van der Waals surface area contributed by atoms with Crippen molar-refractivity contribution in [2.75, 3.05) is 13.1 Å². The zero-order valence-corrected chi connectivity index (χ0v) is 13.1. The van der Waals surface area contributed by atoms with Gasteiger partial charge in [-0.25, -0.2) is 0 Å². The molecule has 1 fully saturated rings. The second-order valence-corrected chi connectivity index (χ2v) is 6.29. The normalized spacial score (nSPS) is 19.4. The van der Waals surface area contributed by atoms with Gasteiger partial charge in [-0.15, -0.1) is 0 Å². The maximum atomic E-state index is 9.07. The van der Waals surface area contributed by atoms with E-state index in [2.05, 4.69) is 35.2 Å². The Labute approximate surface area is 132 Å². The fourth-order valence-corrected chi connectivity index (χ4v) is 3.36. The van der Waals surface area contributed by atoms with Crippen LogP contribution in [-0.2, 0) is 19.6 Å². The zero-order chi connectivity index (χ0) is 15.2. The van der Waals surface area contributed by atoms with E-state index in [0.717, 1.165) is 31.3 Å². The lowest BCUT2D eigenvalue weighted by Crippen LogP contribution is -2.35. The van der Waals surface area contributed by atoms with Crippen molar-refractivity contribution in [2.45, 2.75) is 38.8 Å². The maximum absolute atomic E-state index is 9.07. The Bertz CT molecular complexity index is 564. The van der Waals surface area contributed by atoms with Crippen molar-refractivity contribution >= 4 is 0 Å². The summed E-state index contributed by atoms with van der Waals surface area (Å²) in [6, 6.07) is 14.6. The van der Waals surface area contributed by atoms with E-state index in [0.29, 0.717) is 5.76 Å². The van der Waals surface area contributed by atoms with Crippen LogP contribution in [0.5, 0.6) is 0 Å². The summed E-state index contributed by atoms with van der Waals surface area (Å²) < 4.78 is 5.61. The fourth-order valence-electron chi connectivity index (χ4n) is 3.36. The van der Waals surface area contributed by atoms with E-state index in [-0.39, 0.29) is 6.61 Å². The lowest BCUT2D eigenvalue weighted by Gasteiger charge is -2.32. The van der Waals surface area contributed by atoms with Crippen molar-refractivity contribution in [1.82, 2.24) is 4.90 Å². The minimum atomic E-state index is -0.0142. The van der Waals surface area contributed by atoms with Gasteiger partial charge in [-0.05, 0) is 55.8 Å². The summed E-state index contributed by atoms with van der Waals surface area (Å²) in [5.74, 6) is 2.40. The van der Waals surface area contributed by atoms with Crippen molar-refractivity contribution in [3.05, 3.63) is 59.5 Å². The van der Waals surface area contributed by atoms with Crippen LogP contribution in [0, 0.1) is 5.92 Å². The molecule has 1 atom stereocenters. The van der Waals surface area contributed by atoms with Gasteiger partial charge in [0.25, 0.3) is 0 Å². The molecule has 118 valence electrons.